The molecule has 8 N–H and O–H groups in total. The van der Waals surface area contributed by atoms with E-state index in [2.05, 4.69) is 9.98 Å². The van der Waals surface area contributed by atoms with E-state index in [1.54, 1.807) is 4.90 Å². The van der Waals surface area contributed by atoms with Crippen LogP contribution in [0.15, 0.2) is 33.4 Å². The molecule has 4 heterocycles. The maximum Gasteiger partial charge on any atom is 0.365 e. The Morgan fingerprint density at radius 1 is 0.865 bits per heavy atom. The lowest BCUT2D eigenvalue weighted by atomic mass is 10.2. The highest BCUT2D eigenvalue weighted by atomic mass is 35.5. The van der Waals surface area contributed by atoms with Crippen LogP contribution in [0.5, 0.6) is 0 Å². The van der Waals surface area contributed by atoms with Crippen LogP contribution in [0.25, 0.3) is 0 Å². The molecule has 0 aromatic carbocycles. The highest BCUT2D eigenvalue weighted by Crippen LogP contribution is 2.73. The minimum absolute atomic E-state index is 0.00435. The summed E-state index contributed by atoms with van der Waals surface area (Å²) in [6.45, 7) is 2.17. The van der Waals surface area contributed by atoms with Gasteiger partial charge < -0.3 is 53.7 Å². The topological polar surface area (TPSA) is 271 Å². The third-order valence-corrected chi connectivity index (χ3v) is 14.4. The number of rotatable bonds is 4. The molecule has 0 spiro atoms. The van der Waals surface area contributed by atoms with Crippen molar-refractivity contribution >= 4 is 53.8 Å². The molecule has 0 amide bonds. The van der Waals surface area contributed by atoms with E-state index >= 15 is 0 Å². The largest absolute Gasteiger partial charge is 0.463 e. The van der Waals surface area contributed by atoms with Gasteiger partial charge in [0, 0.05) is 32.1 Å². The number of nitrogens with zero attached hydrogens (tertiary/aromatic N) is 4. The van der Waals surface area contributed by atoms with E-state index in [1.807, 2.05) is 6.92 Å². The summed E-state index contributed by atoms with van der Waals surface area (Å²) in [5.74, 6) is 0.0577. The van der Waals surface area contributed by atoms with Gasteiger partial charge in [-0.05, 0) is 19.1 Å². The number of ether oxygens (including phenoxy) is 1. The quantitative estimate of drug-likeness (QED) is 0.193. The molecule has 17 nitrogen and oxygen atoms in total. The van der Waals surface area contributed by atoms with Gasteiger partial charge in [0.25, 0.3) is 16.1 Å². The van der Waals surface area contributed by atoms with Gasteiger partial charge in [0.15, 0.2) is 0 Å². The Morgan fingerprint density at radius 3 is 1.86 bits per heavy atom. The van der Waals surface area contributed by atoms with Gasteiger partial charge in [-0.25, -0.2) is 9.98 Å². The molecule has 1 fully saturated rings. The zero-order chi connectivity index (χ0) is 28.2. The van der Waals surface area contributed by atoms with Crippen molar-refractivity contribution in [3.8, 4) is 0 Å². The summed E-state index contributed by atoms with van der Waals surface area (Å²) in [6.07, 6.45) is 3.36. The zero-order valence-corrected chi connectivity index (χ0v) is 23.3. The summed E-state index contributed by atoms with van der Waals surface area (Å²) in [6, 6.07) is -0.143. The molecule has 0 radical (unpaired) electrons. The number of halogens is 1. The lowest BCUT2D eigenvalue weighted by Gasteiger charge is -2.38. The van der Waals surface area contributed by atoms with Gasteiger partial charge >= 0.3 is 30.4 Å². The van der Waals surface area contributed by atoms with Gasteiger partial charge in [-0.2, -0.15) is 0 Å². The Kier molecular flexibility index (Phi) is 8.23. The highest BCUT2D eigenvalue weighted by Gasteiger charge is 2.64. The number of fused-ring (bicyclic) bond motifs is 2. The number of amidine groups is 2. The first-order valence-electron chi connectivity index (χ1n) is 10.3. The second-order valence-electron chi connectivity index (χ2n) is 8.48. The van der Waals surface area contributed by atoms with Crippen LogP contribution < -0.4 is 0 Å². The Hall–Kier alpha value is -0.890. The second kappa shape index (κ2) is 9.94. The van der Waals surface area contributed by atoms with Crippen LogP contribution in [0.1, 0.15) is 19.8 Å². The van der Waals surface area contributed by atoms with Gasteiger partial charge in [0.1, 0.15) is 12.4 Å². The Bertz CT molecular complexity index is 1220. The third-order valence-electron chi connectivity index (χ3n) is 6.01. The molecule has 0 bridgehead atoms. The lowest BCUT2D eigenvalue weighted by molar-refractivity contribution is 0.268. The van der Waals surface area contributed by atoms with Crippen LogP contribution in [-0.4, -0.2) is 96.6 Å². The average molecular weight is 629 g/mol. The first-order chi connectivity index (χ1) is 16.7. The van der Waals surface area contributed by atoms with Crippen molar-refractivity contribution < 1.29 is 62.1 Å². The van der Waals surface area contributed by atoms with Gasteiger partial charge in [-0.1, -0.05) is 11.6 Å². The molecule has 1 unspecified atom stereocenters. The molecule has 0 saturated carbocycles. The molecule has 4 rings (SSSR count). The molecule has 0 aliphatic carbocycles. The van der Waals surface area contributed by atoms with Crippen molar-refractivity contribution in [3.63, 3.8) is 0 Å². The molecule has 210 valence electrons. The number of aliphatic imine (C=N–C) groups is 2. The maximum absolute atomic E-state index is 11.5. The maximum atomic E-state index is 11.5. The minimum Gasteiger partial charge on any atom is -0.463 e. The Balaban J connectivity index is 0.000000206. The summed E-state index contributed by atoms with van der Waals surface area (Å²) in [5, 5.41) is -5.04. The van der Waals surface area contributed by atoms with Crippen molar-refractivity contribution in [2.75, 3.05) is 19.7 Å². The molecular weight excluding hydrogens is 604 g/mol. The fourth-order valence-electron chi connectivity index (χ4n) is 3.93. The summed E-state index contributed by atoms with van der Waals surface area (Å²) < 4.78 is 51.0. The standard InChI is InChI=1S/C8H11ClN2O6P2.C7H14N2O7P2/c9-6-1-2-7-10-8(18(12,13)14,19(15,16)17)3-4-11(7)5-6;1-5-4-16-6-8-7(17(10,11)12,18(13,14)15)2-3-9(5)6/h1-2,5H,3-4H2,(H2,12,13,14)(H2,15,16,17);5H,2-4H2,1H3,(H2,10,11,12)(H2,13,14,15). The van der Waals surface area contributed by atoms with Crippen molar-refractivity contribution in [1.29, 1.82) is 0 Å². The fraction of sp³-hybridized carbons (Fsp3) is 0.600. The number of hydrogen-bond acceptors (Lipinski definition) is 9. The zero-order valence-electron chi connectivity index (χ0n) is 18.9. The molecule has 22 heteroatoms. The van der Waals surface area contributed by atoms with Crippen molar-refractivity contribution in [1.82, 2.24) is 9.80 Å². The van der Waals surface area contributed by atoms with Crippen molar-refractivity contribution in [2.45, 2.75) is 35.8 Å². The first-order valence-corrected chi connectivity index (χ1v) is 17.1. The van der Waals surface area contributed by atoms with E-state index in [0.29, 0.717) is 5.03 Å². The smallest absolute Gasteiger partial charge is 0.365 e. The predicted molar refractivity (Wildman–Crippen MR) is 130 cm³/mol. The summed E-state index contributed by atoms with van der Waals surface area (Å²) in [5.41, 5.74) is 0. The normalized spacial score (nSPS) is 25.0. The minimum atomic E-state index is -5.14. The third kappa shape index (κ3) is 5.57. The Morgan fingerprint density at radius 2 is 1.35 bits per heavy atom. The molecule has 0 aromatic heterocycles. The highest BCUT2D eigenvalue weighted by molar-refractivity contribution is 7.73. The van der Waals surface area contributed by atoms with Gasteiger partial charge in [0.05, 0.1) is 11.1 Å². The summed E-state index contributed by atoms with van der Waals surface area (Å²) in [4.78, 5) is 84.5. The van der Waals surface area contributed by atoms with Gasteiger partial charge in [-0.15, -0.1) is 0 Å². The molecule has 37 heavy (non-hydrogen) atoms. The van der Waals surface area contributed by atoms with E-state index in [1.165, 1.54) is 23.3 Å². The monoisotopic (exact) mass is 628 g/mol. The molecular formula is C15H25ClN4O13P4. The van der Waals surface area contributed by atoms with Crippen molar-refractivity contribution in [2.24, 2.45) is 9.98 Å². The number of allylic oxidation sites excluding steroid dienone is 2. The number of hydrogen-bond donors (Lipinski definition) is 8. The predicted octanol–water partition coefficient (Wildman–Crippen LogP) is 0.226. The summed E-state index contributed by atoms with van der Waals surface area (Å²) in [7, 11) is -20.5. The van der Waals surface area contributed by atoms with Crippen molar-refractivity contribution in [3.05, 3.63) is 23.4 Å². The molecule has 1 atom stereocenters. The molecule has 0 aromatic rings. The van der Waals surface area contributed by atoms with Crippen LogP contribution in [0.4, 0.5) is 0 Å². The van der Waals surface area contributed by atoms with Crippen LogP contribution in [0, 0.1) is 0 Å². The van der Waals surface area contributed by atoms with E-state index < -0.39 is 53.3 Å². The van der Waals surface area contributed by atoms with E-state index in [-0.39, 0.29) is 37.6 Å². The van der Waals surface area contributed by atoms with Crippen LogP contribution in [-0.2, 0) is 23.0 Å². The van der Waals surface area contributed by atoms with Gasteiger partial charge in [-0.3, -0.25) is 18.3 Å². The van der Waals surface area contributed by atoms with Crippen LogP contribution in [0.2, 0.25) is 0 Å². The summed E-state index contributed by atoms with van der Waals surface area (Å²) >= 11 is 5.76. The van der Waals surface area contributed by atoms with E-state index in [9.17, 15) is 57.4 Å². The van der Waals surface area contributed by atoms with E-state index in [4.69, 9.17) is 16.3 Å². The second-order valence-corrected chi connectivity index (χ2v) is 16.9. The first kappa shape index (κ1) is 30.6. The fourth-order valence-corrected chi connectivity index (χ4v) is 9.29. The SMILES string of the molecule is CC1COC2=NC(P(=O)(O)O)(P(=O)(O)O)CCN21.O=P(O)(O)C1(P(=O)(O)O)CCN2C=C(Cl)C=CC2=N1. The average Bonchev–Trinajstić information content (AvgIpc) is 3.10. The van der Waals surface area contributed by atoms with Crippen LogP contribution in [0.3, 0.4) is 0 Å². The molecule has 1 saturated heterocycles. The van der Waals surface area contributed by atoms with Gasteiger partial charge in [0.2, 0.25) is 0 Å². The molecule has 4 aliphatic rings. The van der Waals surface area contributed by atoms with E-state index in [0.717, 1.165) is 0 Å². The lowest BCUT2D eigenvalue weighted by Crippen LogP contribution is -2.44. The van der Waals surface area contributed by atoms with Crippen LogP contribution >= 0.6 is 42.0 Å². The molecule has 4 aliphatic heterocycles. The Labute approximate surface area is 214 Å².